The van der Waals surface area contributed by atoms with Gasteiger partial charge in [-0.2, -0.15) is 0 Å². The van der Waals surface area contributed by atoms with E-state index in [2.05, 4.69) is 20.8 Å². The van der Waals surface area contributed by atoms with Gasteiger partial charge in [0.1, 0.15) is 0 Å². The van der Waals surface area contributed by atoms with E-state index in [0.29, 0.717) is 0 Å². The molecule has 0 rings (SSSR count). The molecule has 0 bridgehead atoms. The van der Waals surface area contributed by atoms with Crippen LogP contribution in [0.1, 0.15) is 290 Å². The normalized spacial score (nSPS) is 10.5. The summed E-state index contributed by atoms with van der Waals surface area (Å²) in [6, 6.07) is 0. The second-order valence-electron chi connectivity index (χ2n) is 16.1. The minimum absolute atomic E-state index is 0. The minimum Gasteiger partial charge on any atom is -0.550 e. The van der Waals surface area contributed by atoms with E-state index in [1.807, 2.05) is 0 Å². The first kappa shape index (κ1) is 60.6. The number of carboxylic acid groups (broad SMARTS) is 3. The summed E-state index contributed by atoms with van der Waals surface area (Å²) >= 11 is 0. The van der Waals surface area contributed by atoms with Gasteiger partial charge in [-0.3, -0.25) is 0 Å². The van der Waals surface area contributed by atoms with Crippen LogP contribution in [0.15, 0.2) is 0 Å². The second-order valence-corrected chi connectivity index (χ2v) is 16.1. The first-order chi connectivity index (χ1) is 26.3. The van der Waals surface area contributed by atoms with Crippen molar-refractivity contribution in [2.45, 2.75) is 290 Å². The van der Waals surface area contributed by atoms with Crippen molar-refractivity contribution in [3.63, 3.8) is 0 Å². The van der Waals surface area contributed by atoms with Gasteiger partial charge in [0.2, 0.25) is 0 Å². The van der Waals surface area contributed by atoms with Crippen LogP contribution in [0.4, 0.5) is 0 Å². The smallest absolute Gasteiger partial charge is 0.550 e. The molecule has 7 heteroatoms. The molecule has 0 unspecified atom stereocenters. The van der Waals surface area contributed by atoms with E-state index in [4.69, 9.17) is 0 Å². The molecule has 0 aromatic carbocycles. The molecule has 0 heterocycles. The van der Waals surface area contributed by atoms with E-state index < -0.39 is 17.9 Å². The molecule has 0 aliphatic rings. The van der Waals surface area contributed by atoms with Crippen LogP contribution in [0, 0.1) is 0 Å². The standard InChI is InChI=1S/3C16H32O2.Al/c3*1-2-3-4-5-6-7-8-9-10-11-12-13-14-15-16(17)18;/h3*2-15H2,1H3,(H,17,18);/q;;;+3/p-3. The van der Waals surface area contributed by atoms with E-state index in [0.717, 1.165) is 38.5 Å². The molecule has 0 N–H and O–H groups in total. The van der Waals surface area contributed by atoms with Crippen LogP contribution in [-0.2, 0) is 14.4 Å². The van der Waals surface area contributed by atoms with Crippen LogP contribution in [0.25, 0.3) is 0 Å². The summed E-state index contributed by atoms with van der Waals surface area (Å²) in [4.78, 5) is 30.6. The molecule has 55 heavy (non-hydrogen) atoms. The molecule has 0 atom stereocenters. The van der Waals surface area contributed by atoms with Gasteiger partial charge in [0.25, 0.3) is 0 Å². The summed E-state index contributed by atoms with van der Waals surface area (Å²) in [6.45, 7) is 6.77. The fraction of sp³-hybridized carbons (Fsp3) is 0.938. The molecular formula is C48H93AlO6. The number of aliphatic carboxylic acids is 3. The quantitative estimate of drug-likeness (QED) is 0.0448. The van der Waals surface area contributed by atoms with Gasteiger partial charge in [-0.05, 0) is 38.5 Å². The van der Waals surface area contributed by atoms with Crippen LogP contribution in [0.5, 0.6) is 0 Å². The Kier molecular flexibility index (Phi) is 63.1. The van der Waals surface area contributed by atoms with E-state index >= 15 is 0 Å². The Morgan fingerprint density at radius 3 is 0.455 bits per heavy atom. The number of rotatable bonds is 42. The number of carboxylic acids is 3. The zero-order valence-electron chi connectivity index (χ0n) is 37.2. The summed E-state index contributed by atoms with van der Waals surface area (Å²) in [7, 11) is 0. The number of hydrogen-bond acceptors (Lipinski definition) is 6. The molecule has 0 amide bonds. The molecule has 0 aliphatic heterocycles. The fourth-order valence-electron chi connectivity index (χ4n) is 6.86. The summed E-state index contributed by atoms with van der Waals surface area (Å²) < 4.78 is 0. The van der Waals surface area contributed by atoms with Crippen molar-refractivity contribution in [1.82, 2.24) is 0 Å². The van der Waals surface area contributed by atoms with Gasteiger partial charge < -0.3 is 29.7 Å². The molecule has 0 saturated carbocycles. The third-order valence-electron chi connectivity index (χ3n) is 10.5. The fourth-order valence-corrected chi connectivity index (χ4v) is 6.86. The van der Waals surface area contributed by atoms with Crippen molar-refractivity contribution in [2.24, 2.45) is 0 Å². The van der Waals surface area contributed by atoms with Crippen molar-refractivity contribution in [3.8, 4) is 0 Å². The average Bonchev–Trinajstić information content (AvgIpc) is 3.14. The van der Waals surface area contributed by atoms with Gasteiger partial charge in [-0.15, -0.1) is 0 Å². The van der Waals surface area contributed by atoms with Crippen LogP contribution < -0.4 is 15.3 Å². The minimum atomic E-state index is -0.905. The third-order valence-corrected chi connectivity index (χ3v) is 10.5. The molecule has 0 spiro atoms. The van der Waals surface area contributed by atoms with Crippen molar-refractivity contribution in [1.29, 1.82) is 0 Å². The van der Waals surface area contributed by atoms with Gasteiger partial charge in [-0.1, -0.05) is 252 Å². The Balaban J connectivity index is -0.000000351. The predicted octanol–water partition coefficient (Wildman–Crippen LogP) is 12.3. The summed E-state index contributed by atoms with van der Waals surface area (Å²) in [5.74, 6) is -2.71. The third kappa shape index (κ3) is 71.2. The SMILES string of the molecule is CCCCCCCCCCCCCCCC(=O)[O-].CCCCCCCCCCCCCCCC(=O)[O-].CCCCCCCCCCCCCCCC(=O)[O-].[Al+3]. The van der Waals surface area contributed by atoms with E-state index in [1.165, 1.54) is 212 Å². The van der Waals surface area contributed by atoms with Gasteiger partial charge in [0.15, 0.2) is 0 Å². The maximum absolute atomic E-state index is 10.2. The number of carbonyl (C=O) groups excluding carboxylic acids is 3. The van der Waals surface area contributed by atoms with Gasteiger partial charge in [0.05, 0.1) is 0 Å². The van der Waals surface area contributed by atoms with Crippen LogP contribution >= 0.6 is 0 Å². The second kappa shape index (κ2) is 57.3. The van der Waals surface area contributed by atoms with E-state index in [9.17, 15) is 29.7 Å². The number of hydrogen-bond donors (Lipinski definition) is 0. The Labute approximate surface area is 354 Å². The van der Waals surface area contributed by atoms with Gasteiger partial charge >= 0.3 is 17.4 Å². The van der Waals surface area contributed by atoms with Crippen molar-refractivity contribution < 1.29 is 29.7 Å². The van der Waals surface area contributed by atoms with Crippen LogP contribution in [-0.4, -0.2) is 35.3 Å². The Hall–Kier alpha value is -1.06. The van der Waals surface area contributed by atoms with Crippen LogP contribution in [0.3, 0.4) is 0 Å². The molecule has 0 radical (unpaired) electrons. The van der Waals surface area contributed by atoms with Crippen molar-refractivity contribution >= 4 is 35.3 Å². The molecule has 324 valence electrons. The molecule has 0 aromatic heterocycles. The topological polar surface area (TPSA) is 120 Å². The maximum atomic E-state index is 10.2. The number of unbranched alkanes of at least 4 members (excludes halogenated alkanes) is 36. The Bertz CT molecular complexity index is 636. The van der Waals surface area contributed by atoms with E-state index in [-0.39, 0.29) is 36.6 Å². The largest absolute Gasteiger partial charge is 3.00 e. The van der Waals surface area contributed by atoms with Gasteiger partial charge in [-0.25, -0.2) is 0 Å². The molecule has 0 aliphatic carbocycles. The first-order valence-corrected chi connectivity index (χ1v) is 23.9. The molecular weight excluding hydrogens is 700 g/mol. The van der Waals surface area contributed by atoms with Crippen molar-refractivity contribution in [3.05, 3.63) is 0 Å². The van der Waals surface area contributed by atoms with E-state index in [1.54, 1.807) is 0 Å². The Morgan fingerprint density at radius 2 is 0.345 bits per heavy atom. The first-order valence-electron chi connectivity index (χ1n) is 23.9. The molecule has 0 fully saturated rings. The molecule has 6 nitrogen and oxygen atoms in total. The Morgan fingerprint density at radius 1 is 0.236 bits per heavy atom. The number of carbonyl (C=O) groups is 3. The average molecular weight is 793 g/mol. The zero-order chi connectivity index (χ0) is 40.4. The molecule has 0 aromatic rings. The summed E-state index contributed by atoms with van der Waals surface area (Å²) in [5.41, 5.74) is 0. The summed E-state index contributed by atoms with van der Waals surface area (Å²) in [6.07, 6.45) is 50.8. The monoisotopic (exact) mass is 793 g/mol. The maximum Gasteiger partial charge on any atom is 3.00 e. The zero-order valence-corrected chi connectivity index (χ0v) is 38.4. The van der Waals surface area contributed by atoms with Crippen LogP contribution in [0.2, 0.25) is 0 Å². The molecule has 0 saturated heterocycles. The predicted molar refractivity (Wildman–Crippen MR) is 232 cm³/mol. The van der Waals surface area contributed by atoms with Crippen molar-refractivity contribution in [2.75, 3.05) is 0 Å². The summed E-state index contributed by atoms with van der Waals surface area (Å²) in [5, 5.41) is 30.6. The van der Waals surface area contributed by atoms with Gasteiger partial charge in [0, 0.05) is 17.9 Å².